The van der Waals surface area contributed by atoms with Gasteiger partial charge in [0.2, 0.25) is 0 Å². The van der Waals surface area contributed by atoms with Crippen LogP contribution in [0.1, 0.15) is 34.6 Å². The molecule has 2 aromatic carbocycles. The van der Waals surface area contributed by atoms with Crippen molar-refractivity contribution in [1.29, 1.82) is 0 Å². The molecule has 5 nitrogen and oxygen atoms in total. The molecule has 1 N–H and O–H groups in total. The maximum absolute atomic E-state index is 10.6. The van der Waals surface area contributed by atoms with E-state index in [2.05, 4.69) is 51.6 Å². The summed E-state index contributed by atoms with van der Waals surface area (Å²) >= 11 is 0. The lowest BCUT2D eigenvalue weighted by Gasteiger charge is -2.46. The summed E-state index contributed by atoms with van der Waals surface area (Å²) in [5.74, 6) is -0.870. The molecule has 2 aliphatic rings. The Balaban J connectivity index is 1.89. The van der Waals surface area contributed by atoms with Crippen molar-refractivity contribution in [3.63, 3.8) is 0 Å². The number of benzene rings is 2. The van der Waals surface area contributed by atoms with Crippen LogP contribution in [0.15, 0.2) is 73.3 Å². The zero-order valence-corrected chi connectivity index (χ0v) is 20.6. The fourth-order valence-electron chi connectivity index (χ4n) is 5.16. The minimum absolute atomic E-state index is 0.244. The van der Waals surface area contributed by atoms with Crippen LogP contribution in [0.3, 0.4) is 0 Å². The number of hydrogen-bond acceptors (Lipinski definition) is 5. The van der Waals surface area contributed by atoms with Gasteiger partial charge < -0.3 is 23.7 Å². The Morgan fingerprint density at radius 1 is 1.03 bits per heavy atom. The number of fused-ring (bicyclic) bond motifs is 1. The Hall–Kier alpha value is -1.80. The molecule has 2 saturated heterocycles. The molecule has 2 aromatic rings. The lowest BCUT2D eigenvalue weighted by molar-refractivity contribution is -0.243. The van der Waals surface area contributed by atoms with Crippen molar-refractivity contribution >= 4 is 18.7 Å². The predicted molar refractivity (Wildman–Crippen MR) is 127 cm³/mol. The number of aliphatic hydroxyl groups is 1. The molecule has 0 aliphatic carbocycles. The van der Waals surface area contributed by atoms with E-state index in [1.807, 2.05) is 50.2 Å². The largest absolute Gasteiger partial charge is 0.393 e. The van der Waals surface area contributed by atoms with Crippen LogP contribution < -0.4 is 10.4 Å². The van der Waals surface area contributed by atoms with Crippen molar-refractivity contribution in [2.45, 2.75) is 69.5 Å². The molecule has 0 spiro atoms. The molecule has 0 radical (unpaired) electrons. The van der Waals surface area contributed by atoms with E-state index in [0.29, 0.717) is 0 Å². The van der Waals surface area contributed by atoms with E-state index in [1.54, 1.807) is 6.08 Å². The molecule has 0 unspecified atom stereocenters. The van der Waals surface area contributed by atoms with E-state index in [1.165, 1.54) is 0 Å². The monoisotopic (exact) mass is 454 g/mol. The van der Waals surface area contributed by atoms with E-state index in [4.69, 9.17) is 18.6 Å². The van der Waals surface area contributed by atoms with Gasteiger partial charge in [0.15, 0.2) is 17.7 Å². The second kappa shape index (κ2) is 8.20. The van der Waals surface area contributed by atoms with Gasteiger partial charge in [-0.15, -0.1) is 6.58 Å². The van der Waals surface area contributed by atoms with Gasteiger partial charge in [0.05, 0.1) is 6.61 Å². The van der Waals surface area contributed by atoms with Crippen molar-refractivity contribution in [1.82, 2.24) is 0 Å². The Morgan fingerprint density at radius 3 is 2.00 bits per heavy atom. The van der Waals surface area contributed by atoms with Gasteiger partial charge in [-0.1, -0.05) is 87.5 Å². The summed E-state index contributed by atoms with van der Waals surface area (Å²) in [6, 6.07) is 20.7. The molecule has 0 bridgehead atoms. The van der Waals surface area contributed by atoms with Crippen molar-refractivity contribution in [3.8, 4) is 0 Å². The maximum Gasteiger partial charge on any atom is 0.264 e. The van der Waals surface area contributed by atoms with E-state index in [-0.39, 0.29) is 11.6 Å². The highest BCUT2D eigenvalue weighted by atomic mass is 28.4. The summed E-state index contributed by atoms with van der Waals surface area (Å²) in [6.07, 6.45) is -0.0851. The van der Waals surface area contributed by atoms with Crippen molar-refractivity contribution in [2.24, 2.45) is 0 Å². The van der Waals surface area contributed by atoms with Crippen molar-refractivity contribution in [2.75, 3.05) is 6.61 Å². The van der Waals surface area contributed by atoms with Gasteiger partial charge in [-0.25, -0.2) is 0 Å². The fourth-order valence-corrected chi connectivity index (χ4v) is 9.75. The van der Waals surface area contributed by atoms with Crippen LogP contribution in [0.5, 0.6) is 0 Å². The van der Waals surface area contributed by atoms with Crippen LogP contribution >= 0.6 is 0 Å². The quantitative estimate of drug-likeness (QED) is 0.536. The average molecular weight is 455 g/mol. The molecule has 172 valence electrons. The summed E-state index contributed by atoms with van der Waals surface area (Å²) in [4.78, 5) is 0. The summed E-state index contributed by atoms with van der Waals surface area (Å²) in [5, 5.41) is 12.6. The summed E-state index contributed by atoms with van der Waals surface area (Å²) in [6.45, 7) is 14.0. The fraction of sp³-hybridized carbons (Fsp3) is 0.462. The maximum atomic E-state index is 10.6. The van der Waals surface area contributed by atoms with E-state index >= 15 is 0 Å². The third kappa shape index (κ3) is 3.59. The number of rotatable bonds is 6. The standard InChI is InChI=1S/C26H34O5Si/c1-7-21-22-26(18-27,31-25(5,6)29-22)23(28-21)30-32(24(2,3)4,19-14-10-8-11-15-19)20-16-12-9-13-17-20/h7-17,21-23,27H,1,18H2,2-6H3/t21-,22-,23-,26-/m0/s1. The van der Waals surface area contributed by atoms with E-state index in [9.17, 15) is 5.11 Å². The highest BCUT2D eigenvalue weighted by Gasteiger charge is 2.68. The Bertz CT molecular complexity index is 900. The van der Waals surface area contributed by atoms with E-state index < -0.39 is 38.2 Å². The first kappa shape index (κ1) is 23.4. The first-order valence-electron chi connectivity index (χ1n) is 11.2. The van der Waals surface area contributed by atoms with Crippen LogP contribution in [-0.4, -0.2) is 49.9 Å². The van der Waals surface area contributed by atoms with E-state index in [0.717, 1.165) is 10.4 Å². The molecular weight excluding hydrogens is 420 g/mol. The number of ether oxygens (including phenoxy) is 3. The van der Waals surface area contributed by atoms with Gasteiger partial charge in [-0.3, -0.25) is 0 Å². The minimum Gasteiger partial charge on any atom is -0.393 e. The molecule has 4 rings (SSSR count). The van der Waals surface area contributed by atoms with Crippen LogP contribution in [-0.2, 0) is 18.6 Å². The second-order valence-corrected chi connectivity index (χ2v) is 14.4. The Labute approximate surface area is 192 Å². The van der Waals surface area contributed by atoms with Gasteiger partial charge >= 0.3 is 0 Å². The Morgan fingerprint density at radius 2 is 1.56 bits per heavy atom. The lowest BCUT2D eigenvalue weighted by Crippen LogP contribution is -2.70. The van der Waals surface area contributed by atoms with Crippen molar-refractivity contribution < 1.29 is 23.7 Å². The molecule has 2 heterocycles. The molecule has 4 atom stereocenters. The third-order valence-corrected chi connectivity index (χ3v) is 11.5. The van der Waals surface area contributed by atoms with Crippen LogP contribution in [0.25, 0.3) is 0 Å². The number of hydrogen-bond donors (Lipinski definition) is 1. The van der Waals surface area contributed by atoms with Gasteiger partial charge in [0.1, 0.15) is 12.2 Å². The minimum atomic E-state index is -2.93. The lowest BCUT2D eigenvalue weighted by atomic mass is 9.96. The van der Waals surface area contributed by atoms with Crippen LogP contribution in [0.4, 0.5) is 0 Å². The highest BCUT2D eigenvalue weighted by Crippen LogP contribution is 2.49. The first-order chi connectivity index (χ1) is 15.1. The predicted octanol–water partition coefficient (Wildman–Crippen LogP) is 3.36. The molecule has 32 heavy (non-hydrogen) atoms. The molecule has 0 amide bonds. The molecule has 6 heteroatoms. The van der Waals surface area contributed by atoms with Crippen LogP contribution in [0.2, 0.25) is 5.04 Å². The molecule has 2 aliphatic heterocycles. The molecule has 0 saturated carbocycles. The topological polar surface area (TPSA) is 57.2 Å². The smallest absolute Gasteiger partial charge is 0.264 e. The first-order valence-corrected chi connectivity index (χ1v) is 13.1. The zero-order valence-electron chi connectivity index (χ0n) is 19.6. The second-order valence-electron chi connectivity index (χ2n) is 10.1. The van der Waals surface area contributed by atoms with Crippen LogP contribution in [0, 0.1) is 0 Å². The summed E-state index contributed by atoms with van der Waals surface area (Å²) in [7, 11) is -2.93. The van der Waals surface area contributed by atoms with Gasteiger partial charge in [-0.05, 0) is 29.3 Å². The third-order valence-electron chi connectivity index (χ3n) is 6.49. The molecular formula is C26H34O5Si. The molecule has 2 fully saturated rings. The summed E-state index contributed by atoms with van der Waals surface area (Å²) < 4.78 is 26.0. The number of aliphatic hydroxyl groups excluding tert-OH is 1. The average Bonchev–Trinajstić information content (AvgIpc) is 3.20. The van der Waals surface area contributed by atoms with Gasteiger partial charge in [-0.2, -0.15) is 0 Å². The Kier molecular flexibility index (Phi) is 5.99. The normalized spacial score (nSPS) is 29.6. The summed E-state index contributed by atoms with van der Waals surface area (Å²) in [5.41, 5.74) is -1.14. The highest BCUT2D eigenvalue weighted by molar-refractivity contribution is 6.99. The molecule has 0 aromatic heterocycles. The van der Waals surface area contributed by atoms with Gasteiger partial charge in [0.25, 0.3) is 8.32 Å². The van der Waals surface area contributed by atoms with Crippen molar-refractivity contribution in [3.05, 3.63) is 73.3 Å². The SMILES string of the molecule is C=C[C@@H]1O[C@@H](O[Si](c2ccccc2)(c2ccccc2)C(C)(C)C)[C@@]2(CO)OC(C)(C)O[C@@H]12. The zero-order chi connectivity index (χ0) is 23.2. The van der Waals surface area contributed by atoms with Gasteiger partial charge in [0, 0.05) is 0 Å².